The summed E-state index contributed by atoms with van der Waals surface area (Å²) < 4.78 is 0. The van der Waals surface area contributed by atoms with E-state index in [1.807, 2.05) is 25.7 Å². The van der Waals surface area contributed by atoms with Gasteiger partial charge >= 0.3 is 5.97 Å². The van der Waals surface area contributed by atoms with Gasteiger partial charge in [0.1, 0.15) is 0 Å². The Morgan fingerprint density at radius 1 is 1.17 bits per heavy atom. The van der Waals surface area contributed by atoms with Crippen LogP contribution in [0.5, 0.6) is 0 Å². The molecule has 6 nitrogen and oxygen atoms in total. The molecule has 18 heavy (non-hydrogen) atoms. The zero-order chi connectivity index (χ0) is 13.5. The number of hydrogen-bond donors (Lipinski definition) is 1. The van der Waals surface area contributed by atoms with Crippen molar-refractivity contribution < 1.29 is 9.90 Å². The van der Waals surface area contributed by atoms with Gasteiger partial charge in [-0.25, -0.2) is 4.98 Å². The summed E-state index contributed by atoms with van der Waals surface area (Å²) in [4.78, 5) is 16.9. The molecule has 0 aliphatic carbocycles. The molecule has 1 heterocycles. The van der Waals surface area contributed by atoms with Gasteiger partial charge in [-0.05, 0) is 19.8 Å². The minimum absolute atomic E-state index is 0.0776. The molecular weight excluding hydrogens is 232 g/mol. The first kappa shape index (κ1) is 14.3. The number of aryl methyl sites for hydroxylation is 2. The summed E-state index contributed by atoms with van der Waals surface area (Å²) in [7, 11) is 0. The number of aromatic nitrogens is 3. The van der Waals surface area contributed by atoms with E-state index in [4.69, 9.17) is 5.11 Å². The van der Waals surface area contributed by atoms with Crippen molar-refractivity contribution in [1.29, 1.82) is 0 Å². The molecule has 0 aliphatic rings. The standard InChI is InChI=1S/C12H20N4O2/c1-4-9-10(5-2)14-15-12(13-9)16(6-3)8-7-11(17)18/h4-8H2,1-3H3,(H,17,18). The van der Waals surface area contributed by atoms with Gasteiger partial charge in [0, 0.05) is 13.1 Å². The van der Waals surface area contributed by atoms with Crippen molar-refractivity contribution in [3.8, 4) is 0 Å². The van der Waals surface area contributed by atoms with E-state index in [2.05, 4.69) is 15.2 Å². The highest BCUT2D eigenvalue weighted by Crippen LogP contribution is 2.11. The quantitative estimate of drug-likeness (QED) is 0.788. The zero-order valence-electron chi connectivity index (χ0n) is 11.2. The molecule has 1 rings (SSSR count). The summed E-state index contributed by atoms with van der Waals surface area (Å²) in [5, 5.41) is 16.9. The van der Waals surface area contributed by atoms with Gasteiger partial charge in [-0.2, -0.15) is 5.10 Å². The summed E-state index contributed by atoms with van der Waals surface area (Å²) >= 11 is 0. The van der Waals surface area contributed by atoms with Gasteiger partial charge in [0.25, 0.3) is 0 Å². The maximum atomic E-state index is 10.6. The van der Waals surface area contributed by atoms with Crippen LogP contribution in [0.15, 0.2) is 0 Å². The van der Waals surface area contributed by atoms with Crippen LogP contribution in [0.3, 0.4) is 0 Å². The Bertz CT molecular complexity index is 409. The maximum absolute atomic E-state index is 10.6. The van der Waals surface area contributed by atoms with Crippen molar-refractivity contribution in [2.75, 3.05) is 18.0 Å². The molecule has 0 unspecified atom stereocenters. The number of carboxylic acid groups (broad SMARTS) is 1. The van der Waals surface area contributed by atoms with Crippen molar-refractivity contribution in [3.05, 3.63) is 11.4 Å². The fourth-order valence-corrected chi connectivity index (χ4v) is 1.69. The van der Waals surface area contributed by atoms with Gasteiger partial charge < -0.3 is 10.0 Å². The molecule has 0 amide bonds. The lowest BCUT2D eigenvalue weighted by Gasteiger charge is -2.20. The van der Waals surface area contributed by atoms with Gasteiger partial charge in [-0.15, -0.1) is 5.10 Å². The lowest BCUT2D eigenvalue weighted by atomic mass is 10.2. The minimum atomic E-state index is -0.817. The number of hydrogen-bond acceptors (Lipinski definition) is 5. The molecule has 0 aromatic carbocycles. The summed E-state index contributed by atoms with van der Waals surface area (Å²) in [5.74, 6) is -0.296. The molecule has 0 atom stereocenters. The molecule has 1 N–H and O–H groups in total. The first-order chi connectivity index (χ1) is 8.62. The molecule has 1 aromatic heterocycles. The second-order valence-electron chi connectivity index (χ2n) is 3.94. The third-order valence-corrected chi connectivity index (χ3v) is 2.76. The van der Waals surface area contributed by atoms with Crippen LogP contribution in [0.2, 0.25) is 0 Å². The lowest BCUT2D eigenvalue weighted by Crippen LogP contribution is -2.28. The first-order valence-corrected chi connectivity index (χ1v) is 6.31. The average molecular weight is 252 g/mol. The largest absolute Gasteiger partial charge is 0.481 e. The highest BCUT2D eigenvalue weighted by atomic mass is 16.4. The van der Waals surface area contributed by atoms with E-state index in [1.54, 1.807) is 0 Å². The maximum Gasteiger partial charge on any atom is 0.305 e. The average Bonchev–Trinajstić information content (AvgIpc) is 2.38. The number of carboxylic acids is 1. The zero-order valence-corrected chi connectivity index (χ0v) is 11.2. The van der Waals surface area contributed by atoms with Crippen LogP contribution in [0, 0.1) is 0 Å². The Morgan fingerprint density at radius 3 is 2.33 bits per heavy atom. The second-order valence-corrected chi connectivity index (χ2v) is 3.94. The molecule has 0 radical (unpaired) electrons. The summed E-state index contributed by atoms with van der Waals surface area (Å²) in [6, 6.07) is 0. The predicted octanol–water partition coefficient (Wildman–Crippen LogP) is 1.30. The Morgan fingerprint density at radius 2 is 1.83 bits per heavy atom. The van der Waals surface area contributed by atoms with Crippen molar-refractivity contribution in [2.24, 2.45) is 0 Å². The van der Waals surface area contributed by atoms with Gasteiger partial charge in [-0.3, -0.25) is 4.79 Å². The fourth-order valence-electron chi connectivity index (χ4n) is 1.69. The summed E-state index contributed by atoms with van der Waals surface area (Å²) in [5.41, 5.74) is 1.85. The summed E-state index contributed by atoms with van der Waals surface area (Å²) in [6.07, 6.45) is 1.70. The molecular formula is C12H20N4O2. The Kier molecular flexibility index (Phi) is 5.48. The van der Waals surface area contributed by atoms with Crippen LogP contribution in [0.1, 0.15) is 38.6 Å². The molecule has 0 bridgehead atoms. The molecule has 0 saturated heterocycles. The van der Waals surface area contributed by atoms with Gasteiger partial charge in [0.05, 0.1) is 17.8 Å². The monoisotopic (exact) mass is 252 g/mol. The van der Waals surface area contributed by atoms with Crippen LogP contribution >= 0.6 is 0 Å². The van der Waals surface area contributed by atoms with Crippen LogP contribution in [-0.4, -0.2) is 39.3 Å². The van der Waals surface area contributed by atoms with Crippen LogP contribution in [0.4, 0.5) is 5.95 Å². The van der Waals surface area contributed by atoms with E-state index in [0.29, 0.717) is 19.0 Å². The van der Waals surface area contributed by atoms with Gasteiger partial charge in [-0.1, -0.05) is 13.8 Å². The van der Waals surface area contributed by atoms with E-state index in [-0.39, 0.29) is 6.42 Å². The Labute approximate surface area is 107 Å². The van der Waals surface area contributed by atoms with E-state index in [9.17, 15) is 4.79 Å². The van der Waals surface area contributed by atoms with Gasteiger partial charge in [0.15, 0.2) is 0 Å². The van der Waals surface area contributed by atoms with Crippen LogP contribution < -0.4 is 4.90 Å². The molecule has 0 fully saturated rings. The first-order valence-electron chi connectivity index (χ1n) is 6.31. The highest BCUT2D eigenvalue weighted by molar-refractivity contribution is 5.67. The third-order valence-electron chi connectivity index (χ3n) is 2.76. The molecule has 6 heteroatoms. The lowest BCUT2D eigenvalue weighted by molar-refractivity contribution is -0.136. The van der Waals surface area contributed by atoms with Crippen molar-refractivity contribution >= 4 is 11.9 Å². The molecule has 1 aromatic rings. The smallest absolute Gasteiger partial charge is 0.305 e. The number of aliphatic carboxylic acids is 1. The predicted molar refractivity (Wildman–Crippen MR) is 68.7 cm³/mol. The van der Waals surface area contributed by atoms with E-state index < -0.39 is 5.97 Å². The molecule has 0 spiro atoms. The van der Waals surface area contributed by atoms with Crippen molar-refractivity contribution in [2.45, 2.75) is 40.0 Å². The normalized spacial score (nSPS) is 10.4. The van der Waals surface area contributed by atoms with E-state index >= 15 is 0 Å². The third kappa shape index (κ3) is 3.65. The van der Waals surface area contributed by atoms with Gasteiger partial charge in [0.2, 0.25) is 5.95 Å². The highest BCUT2D eigenvalue weighted by Gasteiger charge is 2.12. The Hall–Kier alpha value is -1.72. The number of anilines is 1. The van der Waals surface area contributed by atoms with E-state index in [0.717, 1.165) is 24.2 Å². The molecule has 0 saturated carbocycles. The number of carbonyl (C=O) groups is 1. The fraction of sp³-hybridized carbons (Fsp3) is 0.667. The van der Waals surface area contributed by atoms with Crippen molar-refractivity contribution in [1.82, 2.24) is 15.2 Å². The Balaban J connectivity index is 2.88. The topological polar surface area (TPSA) is 79.2 Å². The SMILES string of the molecule is CCc1nnc(N(CC)CCC(=O)O)nc1CC. The van der Waals surface area contributed by atoms with Crippen molar-refractivity contribution in [3.63, 3.8) is 0 Å². The molecule has 0 aliphatic heterocycles. The second kappa shape index (κ2) is 6.88. The van der Waals surface area contributed by atoms with Crippen LogP contribution in [-0.2, 0) is 17.6 Å². The summed E-state index contributed by atoms with van der Waals surface area (Å²) in [6.45, 7) is 7.07. The number of rotatable bonds is 7. The number of nitrogens with zero attached hydrogens (tertiary/aromatic N) is 4. The molecule has 100 valence electrons. The van der Waals surface area contributed by atoms with E-state index in [1.165, 1.54) is 0 Å². The minimum Gasteiger partial charge on any atom is -0.481 e. The van der Waals surface area contributed by atoms with Crippen LogP contribution in [0.25, 0.3) is 0 Å².